The van der Waals surface area contributed by atoms with Crippen molar-refractivity contribution in [2.45, 2.75) is 11.9 Å². The highest BCUT2D eigenvalue weighted by atomic mass is 35.5. The van der Waals surface area contributed by atoms with E-state index in [1.807, 2.05) is 0 Å². The maximum atomic E-state index is 11.1. The van der Waals surface area contributed by atoms with Crippen LogP contribution in [0.25, 0.3) is 0 Å². The zero-order valence-corrected chi connectivity index (χ0v) is 9.43. The molecule has 1 rings (SSSR count). The van der Waals surface area contributed by atoms with Crippen LogP contribution in [0.15, 0.2) is 17.2 Å². The molecule has 0 fully saturated rings. The van der Waals surface area contributed by atoms with Gasteiger partial charge in [-0.05, 0) is 12.1 Å². The van der Waals surface area contributed by atoms with E-state index in [1.165, 1.54) is 18.7 Å². The second-order valence-electron chi connectivity index (χ2n) is 2.59. The number of hydrogen-bond acceptors (Lipinski definition) is 5. The molecule has 1 heterocycles. The molecule has 0 aliphatic rings. The van der Waals surface area contributed by atoms with Crippen LogP contribution in [0.1, 0.15) is 6.92 Å². The smallest absolute Gasteiger partial charge is 0.236 e. The van der Waals surface area contributed by atoms with Crippen molar-refractivity contribution in [3.63, 3.8) is 0 Å². The van der Waals surface area contributed by atoms with Gasteiger partial charge < -0.3 is 0 Å². The molecule has 0 atom stereocenters. The first-order valence-electron chi connectivity index (χ1n) is 4.00. The van der Waals surface area contributed by atoms with E-state index in [9.17, 15) is 9.59 Å². The molecule has 80 valence electrons. The van der Waals surface area contributed by atoms with Crippen LogP contribution in [0.4, 0.5) is 0 Å². The molecule has 0 saturated carbocycles. The van der Waals surface area contributed by atoms with Crippen LogP contribution in [-0.4, -0.2) is 27.8 Å². The lowest BCUT2D eigenvalue weighted by molar-refractivity contribution is -0.127. The van der Waals surface area contributed by atoms with Crippen LogP contribution in [0.2, 0.25) is 5.15 Å². The van der Waals surface area contributed by atoms with Crippen molar-refractivity contribution in [2.75, 3.05) is 5.75 Å². The van der Waals surface area contributed by atoms with Crippen LogP contribution < -0.4 is 5.32 Å². The van der Waals surface area contributed by atoms with E-state index in [2.05, 4.69) is 15.5 Å². The number of halogens is 1. The summed E-state index contributed by atoms with van der Waals surface area (Å²) in [5.41, 5.74) is 0. The largest absolute Gasteiger partial charge is 0.296 e. The van der Waals surface area contributed by atoms with E-state index in [0.29, 0.717) is 10.2 Å². The van der Waals surface area contributed by atoms with Gasteiger partial charge in [0.2, 0.25) is 11.8 Å². The van der Waals surface area contributed by atoms with Crippen LogP contribution in [-0.2, 0) is 9.59 Å². The van der Waals surface area contributed by atoms with Crippen LogP contribution in [0.5, 0.6) is 0 Å². The van der Waals surface area contributed by atoms with E-state index in [4.69, 9.17) is 11.6 Å². The summed E-state index contributed by atoms with van der Waals surface area (Å²) in [7, 11) is 0. The van der Waals surface area contributed by atoms with E-state index < -0.39 is 0 Å². The molecule has 0 unspecified atom stereocenters. The van der Waals surface area contributed by atoms with Crippen molar-refractivity contribution in [1.82, 2.24) is 15.5 Å². The fraction of sp³-hybridized carbons (Fsp3) is 0.250. The molecular weight excluding hydrogens is 238 g/mol. The van der Waals surface area contributed by atoms with Gasteiger partial charge in [-0.15, -0.1) is 10.2 Å². The van der Waals surface area contributed by atoms with Crippen molar-refractivity contribution < 1.29 is 9.59 Å². The van der Waals surface area contributed by atoms with Gasteiger partial charge in [0.05, 0.1) is 5.75 Å². The fourth-order valence-corrected chi connectivity index (χ4v) is 1.47. The van der Waals surface area contributed by atoms with Crippen molar-refractivity contribution in [2.24, 2.45) is 0 Å². The maximum Gasteiger partial charge on any atom is 0.236 e. The lowest BCUT2D eigenvalue weighted by Gasteiger charge is -1.99. The highest BCUT2D eigenvalue weighted by Crippen LogP contribution is 2.14. The Balaban J connectivity index is 2.40. The summed E-state index contributed by atoms with van der Waals surface area (Å²) in [5, 5.41) is 10.4. The molecule has 1 aromatic rings. The Morgan fingerprint density at radius 2 is 2.20 bits per heavy atom. The molecule has 0 aliphatic carbocycles. The summed E-state index contributed by atoms with van der Waals surface area (Å²) in [6, 6.07) is 3.24. The molecule has 5 nitrogen and oxygen atoms in total. The number of carbonyl (C=O) groups excluding carboxylic acids is 2. The fourth-order valence-electron chi connectivity index (χ4n) is 0.753. The zero-order chi connectivity index (χ0) is 11.3. The van der Waals surface area contributed by atoms with Gasteiger partial charge in [0.15, 0.2) is 5.15 Å². The van der Waals surface area contributed by atoms with Gasteiger partial charge in [0.1, 0.15) is 5.03 Å². The number of aromatic nitrogens is 2. The third-order valence-electron chi connectivity index (χ3n) is 1.27. The summed E-state index contributed by atoms with van der Waals surface area (Å²) in [5.74, 6) is -0.609. The minimum absolute atomic E-state index is 0.121. The number of nitrogens with zero attached hydrogens (tertiary/aromatic N) is 2. The Hall–Kier alpha value is -1.14. The number of rotatable bonds is 3. The third kappa shape index (κ3) is 4.75. The van der Waals surface area contributed by atoms with Gasteiger partial charge in [0.25, 0.3) is 0 Å². The first-order chi connectivity index (χ1) is 7.08. The van der Waals surface area contributed by atoms with Crippen LogP contribution in [0, 0.1) is 0 Å². The second kappa shape index (κ2) is 5.67. The van der Waals surface area contributed by atoms with Crippen molar-refractivity contribution in [3.05, 3.63) is 17.3 Å². The highest BCUT2D eigenvalue weighted by molar-refractivity contribution is 7.99. The standard InChI is InChI=1S/C8H8ClN3O2S/c1-5(13)10-7(14)4-15-8-3-2-6(9)11-12-8/h2-3H,4H2,1H3,(H,10,13,14). The molecule has 15 heavy (non-hydrogen) atoms. The van der Waals surface area contributed by atoms with Crippen LogP contribution in [0.3, 0.4) is 0 Å². The van der Waals surface area contributed by atoms with Crippen molar-refractivity contribution in [1.29, 1.82) is 0 Å². The highest BCUT2D eigenvalue weighted by Gasteiger charge is 2.05. The molecule has 0 saturated heterocycles. The predicted molar refractivity (Wildman–Crippen MR) is 56.6 cm³/mol. The average Bonchev–Trinajstić information content (AvgIpc) is 2.16. The average molecular weight is 246 g/mol. The number of imide groups is 1. The second-order valence-corrected chi connectivity index (χ2v) is 3.97. The molecule has 0 spiro atoms. The molecule has 1 N–H and O–H groups in total. The molecule has 1 aromatic heterocycles. The molecule has 2 amide bonds. The predicted octanol–water partition coefficient (Wildman–Crippen LogP) is 0.885. The number of amides is 2. The molecule has 0 aromatic carbocycles. The Kier molecular flexibility index (Phi) is 4.51. The summed E-state index contributed by atoms with van der Waals surface area (Å²) in [4.78, 5) is 21.6. The van der Waals surface area contributed by atoms with Gasteiger partial charge >= 0.3 is 0 Å². The number of thioether (sulfide) groups is 1. The monoisotopic (exact) mass is 245 g/mol. The first-order valence-corrected chi connectivity index (χ1v) is 5.37. The maximum absolute atomic E-state index is 11.1. The zero-order valence-electron chi connectivity index (χ0n) is 7.86. The number of carbonyl (C=O) groups is 2. The minimum atomic E-state index is -0.372. The summed E-state index contributed by atoms with van der Waals surface area (Å²) < 4.78 is 0. The van der Waals surface area contributed by atoms with E-state index in [0.717, 1.165) is 0 Å². The van der Waals surface area contributed by atoms with Gasteiger partial charge in [-0.3, -0.25) is 14.9 Å². The number of hydrogen-bond donors (Lipinski definition) is 1. The molecule has 0 aliphatic heterocycles. The Labute approximate surface area is 95.6 Å². The molecule has 0 radical (unpaired) electrons. The summed E-state index contributed by atoms with van der Waals surface area (Å²) in [6.45, 7) is 1.28. The van der Waals surface area contributed by atoms with Crippen molar-refractivity contribution in [3.8, 4) is 0 Å². The van der Waals surface area contributed by atoms with Crippen LogP contribution >= 0.6 is 23.4 Å². The minimum Gasteiger partial charge on any atom is -0.296 e. The lowest BCUT2D eigenvalue weighted by Crippen LogP contribution is -2.29. The Bertz CT molecular complexity index is 369. The number of nitrogens with one attached hydrogen (secondary N) is 1. The lowest BCUT2D eigenvalue weighted by atomic mass is 10.6. The van der Waals surface area contributed by atoms with E-state index in [1.54, 1.807) is 12.1 Å². The SMILES string of the molecule is CC(=O)NC(=O)CSc1ccc(Cl)nn1. The normalized spacial score (nSPS) is 9.73. The summed E-state index contributed by atoms with van der Waals surface area (Å²) in [6.07, 6.45) is 0. The molecule has 7 heteroatoms. The van der Waals surface area contributed by atoms with Crippen molar-refractivity contribution >= 4 is 35.2 Å². The van der Waals surface area contributed by atoms with E-state index in [-0.39, 0.29) is 17.6 Å². The Morgan fingerprint density at radius 3 is 2.73 bits per heavy atom. The quantitative estimate of drug-likeness (QED) is 0.801. The molecule has 0 bridgehead atoms. The Morgan fingerprint density at radius 1 is 1.47 bits per heavy atom. The van der Waals surface area contributed by atoms with Gasteiger partial charge in [-0.25, -0.2) is 0 Å². The van der Waals surface area contributed by atoms with E-state index >= 15 is 0 Å². The molecular formula is C8H8ClN3O2S. The van der Waals surface area contributed by atoms with Gasteiger partial charge in [-0.1, -0.05) is 23.4 Å². The first kappa shape index (κ1) is 11.9. The topological polar surface area (TPSA) is 72.0 Å². The summed E-state index contributed by atoms with van der Waals surface area (Å²) >= 11 is 6.72. The van der Waals surface area contributed by atoms with Gasteiger partial charge in [-0.2, -0.15) is 0 Å². The third-order valence-corrected chi connectivity index (χ3v) is 2.40. The van der Waals surface area contributed by atoms with Gasteiger partial charge in [0, 0.05) is 6.92 Å².